The Morgan fingerprint density at radius 1 is 1.12 bits per heavy atom. The van der Waals surface area contributed by atoms with Gasteiger partial charge in [0.2, 0.25) is 5.78 Å². The van der Waals surface area contributed by atoms with Crippen molar-refractivity contribution >= 4 is 46.6 Å². The number of carbonyl (C=O) groups excluding carboxylic acids is 2. The van der Waals surface area contributed by atoms with Crippen molar-refractivity contribution in [1.29, 1.82) is 0 Å². The summed E-state index contributed by atoms with van der Waals surface area (Å²) in [5.74, 6) is -1.15. The van der Waals surface area contributed by atoms with Gasteiger partial charge in [-0.1, -0.05) is 52.5 Å². The van der Waals surface area contributed by atoms with E-state index in [1.54, 1.807) is 6.07 Å². The van der Waals surface area contributed by atoms with Crippen molar-refractivity contribution in [1.82, 2.24) is 4.98 Å². The lowest BCUT2D eigenvalue weighted by molar-refractivity contribution is 0.0313. The number of esters is 1. The minimum Gasteiger partial charge on any atom is -0.449 e. The molecule has 0 aliphatic heterocycles. The Bertz CT molecular complexity index is 821. The number of hydrogen-bond acceptors (Lipinski definition) is 4. The number of nitrogens with zero attached hydrogens (tertiary/aromatic N) is 1. The lowest BCUT2D eigenvalue weighted by atomic mass is 9.99. The highest BCUT2D eigenvalue weighted by atomic mass is 35.5. The fourth-order valence-electron chi connectivity index (χ4n) is 2.08. The number of aryl methyl sites for hydroxylation is 2. The van der Waals surface area contributed by atoms with Crippen LogP contribution in [0.3, 0.4) is 0 Å². The van der Waals surface area contributed by atoms with Crippen molar-refractivity contribution in [2.75, 3.05) is 0 Å². The second kappa shape index (κ2) is 7.51. The maximum absolute atomic E-state index is 12.5. The van der Waals surface area contributed by atoms with Gasteiger partial charge in [-0.05, 0) is 32.4 Å². The molecule has 1 aromatic carbocycles. The summed E-state index contributed by atoms with van der Waals surface area (Å²) >= 11 is 17.6. The second-order valence-corrected chi connectivity index (χ2v) is 6.48. The van der Waals surface area contributed by atoms with Crippen LogP contribution in [-0.4, -0.2) is 22.8 Å². The van der Waals surface area contributed by atoms with E-state index in [9.17, 15) is 9.59 Å². The lowest BCUT2D eigenvalue weighted by Crippen LogP contribution is -2.25. The van der Waals surface area contributed by atoms with E-state index in [0.717, 1.165) is 11.1 Å². The quantitative estimate of drug-likeness (QED) is 0.542. The summed E-state index contributed by atoms with van der Waals surface area (Å²) in [5, 5.41) is 0.0204. The normalized spacial score (nSPS) is 11.9. The number of ketones is 1. The molecule has 0 spiro atoms. The van der Waals surface area contributed by atoms with E-state index in [1.165, 1.54) is 13.1 Å². The molecule has 0 aliphatic rings. The third kappa shape index (κ3) is 3.89. The van der Waals surface area contributed by atoms with Crippen molar-refractivity contribution in [3.63, 3.8) is 0 Å². The van der Waals surface area contributed by atoms with E-state index in [4.69, 9.17) is 39.5 Å². The van der Waals surface area contributed by atoms with Gasteiger partial charge in [-0.3, -0.25) is 4.79 Å². The van der Waals surface area contributed by atoms with E-state index in [-0.39, 0.29) is 26.5 Å². The minimum absolute atomic E-state index is 0.00814. The number of rotatable bonds is 4. The van der Waals surface area contributed by atoms with Gasteiger partial charge in [0.1, 0.15) is 0 Å². The molecule has 0 unspecified atom stereocenters. The summed E-state index contributed by atoms with van der Waals surface area (Å²) in [5.41, 5.74) is 2.06. The van der Waals surface area contributed by atoms with Crippen LogP contribution in [0.4, 0.5) is 0 Å². The molecule has 0 bridgehead atoms. The van der Waals surface area contributed by atoms with Crippen molar-refractivity contribution in [2.24, 2.45) is 0 Å². The van der Waals surface area contributed by atoms with Crippen molar-refractivity contribution in [2.45, 2.75) is 26.9 Å². The van der Waals surface area contributed by atoms with Gasteiger partial charge in [-0.2, -0.15) is 0 Å². The van der Waals surface area contributed by atoms with Gasteiger partial charge in [0.25, 0.3) is 0 Å². The number of aromatic nitrogens is 1. The van der Waals surface area contributed by atoms with Gasteiger partial charge >= 0.3 is 5.97 Å². The van der Waals surface area contributed by atoms with Crippen LogP contribution >= 0.6 is 34.8 Å². The number of benzene rings is 1. The minimum atomic E-state index is -0.995. The predicted octanol–water partition coefficient (Wildman–Crippen LogP) is 5.09. The third-order valence-corrected chi connectivity index (χ3v) is 4.66. The van der Waals surface area contributed by atoms with E-state index in [2.05, 4.69) is 4.98 Å². The van der Waals surface area contributed by atoms with Crippen LogP contribution in [0.1, 0.15) is 38.9 Å². The molecule has 1 aromatic heterocycles. The molecule has 4 nitrogen and oxygen atoms in total. The van der Waals surface area contributed by atoms with Crippen LogP contribution < -0.4 is 0 Å². The second-order valence-electron chi connectivity index (χ2n) is 5.31. The number of halogens is 3. The predicted molar refractivity (Wildman–Crippen MR) is 94.4 cm³/mol. The Kier molecular flexibility index (Phi) is 5.86. The van der Waals surface area contributed by atoms with Gasteiger partial charge < -0.3 is 4.74 Å². The number of pyridine rings is 1. The molecule has 7 heteroatoms. The van der Waals surface area contributed by atoms with Crippen LogP contribution in [0.25, 0.3) is 0 Å². The van der Waals surface area contributed by atoms with Crippen molar-refractivity contribution in [3.05, 3.63) is 61.8 Å². The largest absolute Gasteiger partial charge is 0.449 e. The monoisotopic (exact) mass is 385 g/mol. The highest BCUT2D eigenvalue weighted by Gasteiger charge is 2.25. The molecular formula is C17H14Cl3NO3. The molecule has 0 amide bonds. The Labute approximate surface area is 154 Å². The van der Waals surface area contributed by atoms with E-state index < -0.39 is 12.1 Å². The van der Waals surface area contributed by atoms with Gasteiger partial charge in [0.15, 0.2) is 11.8 Å². The van der Waals surface area contributed by atoms with E-state index in [0.29, 0.717) is 5.56 Å². The molecule has 0 radical (unpaired) electrons. The van der Waals surface area contributed by atoms with Gasteiger partial charge in [0, 0.05) is 11.8 Å². The summed E-state index contributed by atoms with van der Waals surface area (Å²) in [6, 6.07) is 5.50. The third-order valence-electron chi connectivity index (χ3n) is 3.42. The molecule has 0 fully saturated rings. The standard InChI is InChI=1S/C17H14Cl3NO3/c1-8-4-5-9(2)11(6-8)16(22)10(3)24-17(23)15-14(20)13(19)12(18)7-21-15/h4-7,10H,1-3H3/t10-/m1/s1. The van der Waals surface area contributed by atoms with Crippen LogP contribution in [0.5, 0.6) is 0 Å². The van der Waals surface area contributed by atoms with E-state index in [1.807, 2.05) is 26.0 Å². The molecule has 126 valence electrons. The van der Waals surface area contributed by atoms with Crippen molar-refractivity contribution < 1.29 is 14.3 Å². The fraction of sp³-hybridized carbons (Fsp3) is 0.235. The molecule has 0 saturated carbocycles. The Balaban J connectivity index is 2.21. The summed E-state index contributed by atoms with van der Waals surface area (Å²) < 4.78 is 5.19. The molecule has 0 saturated heterocycles. The fourth-order valence-corrected chi connectivity index (χ4v) is 2.63. The van der Waals surface area contributed by atoms with E-state index >= 15 is 0 Å². The first-order valence-electron chi connectivity index (χ1n) is 7.04. The number of Topliss-reactive ketones (excluding diaryl/α,β-unsaturated/α-hetero) is 1. The number of ether oxygens (including phenoxy) is 1. The number of hydrogen-bond donors (Lipinski definition) is 0. The molecular weight excluding hydrogens is 373 g/mol. The first-order chi connectivity index (χ1) is 11.2. The van der Waals surface area contributed by atoms with Crippen LogP contribution in [0.15, 0.2) is 24.4 Å². The van der Waals surface area contributed by atoms with Crippen molar-refractivity contribution in [3.8, 4) is 0 Å². The van der Waals surface area contributed by atoms with Gasteiger partial charge in [-0.15, -0.1) is 0 Å². The Morgan fingerprint density at radius 3 is 2.46 bits per heavy atom. The topological polar surface area (TPSA) is 56.3 Å². The van der Waals surface area contributed by atoms with Gasteiger partial charge in [-0.25, -0.2) is 9.78 Å². The lowest BCUT2D eigenvalue weighted by Gasteiger charge is -2.14. The molecule has 2 aromatic rings. The Morgan fingerprint density at radius 2 is 1.79 bits per heavy atom. The SMILES string of the molecule is Cc1ccc(C)c(C(=O)[C@@H](C)OC(=O)c2ncc(Cl)c(Cl)c2Cl)c1. The maximum atomic E-state index is 12.5. The van der Waals surface area contributed by atoms with Gasteiger partial charge in [0.05, 0.1) is 15.1 Å². The molecule has 0 N–H and O–H groups in total. The highest BCUT2D eigenvalue weighted by molar-refractivity contribution is 6.48. The zero-order valence-electron chi connectivity index (χ0n) is 13.2. The molecule has 24 heavy (non-hydrogen) atoms. The smallest absolute Gasteiger partial charge is 0.359 e. The molecule has 2 rings (SSSR count). The highest BCUT2D eigenvalue weighted by Crippen LogP contribution is 2.31. The summed E-state index contributed by atoms with van der Waals surface area (Å²) in [4.78, 5) is 28.5. The average molecular weight is 387 g/mol. The Hall–Kier alpha value is -1.62. The number of carbonyl (C=O) groups is 2. The molecule has 1 atom stereocenters. The maximum Gasteiger partial charge on any atom is 0.359 e. The average Bonchev–Trinajstić information content (AvgIpc) is 2.54. The summed E-state index contributed by atoms with van der Waals surface area (Å²) in [7, 11) is 0. The zero-order chi connectivity index (χ0) is 18.0. The molecule has 1 heterocycles. The first kappa shape index (κ1) is 18.7. The van der Waals surface area contributed by atoms with Crippen LogP contribution in [-0.2, 0) is 4.74 Å². The summed E-state index contributed by atoms with van der Waals surface area (Å²) in [6.45, 7) is 5.19. The van der Waals surface area contributed by atoms with Crippen LogP contribution in [0.2, 0.25) is 15.1 Å². The first-order valence-corrected chi connectivity index (χ1v) is 8.17. The molecule has 0 aliphatic carbocycles. The van der Waals surface area contributed by atoms with Crippen LogP contribution in [0, 0.1) is 13.8 Å². The zero-order valence-corrected chi connectivity index (χ0v) is 15.5. The summed E-state index contributed by atoms with van der Waals surface area (Å²) in [6.07, 6.45) is 0.203.